The summed E-state index contributed by atoms with van der Waals surface area (Å²) in [6.45, 7) is 13.1. The van der Waals surface area contributed by atoms with Gasteiger partial charge < -0.3 is 25.2 Å². The van der Waals surface area contributed by atoms with Crippen LogP contribution in [0.2, 0.25) is 0 Å². The number of methoxy groups -OCH3 is 1. The number of carbonyl (C=O) groups excluding carboxylic acids is 1. The summed E-state index contributed by atoms with van der Waals surface area (Å²) in [5.74, 6) is 1.89. The number of amides is 1. The van der Waals surface area contributed by atoms with E-state index in [1.165, 1.54) is 219 Å². The van der Waals surface area contributed by atoms with Crippen molar-refractivity contribution in [2.75, 3.05) is 33.3 Å². The zero-order valence-electron chi connectivity index (χ0n) is 36.7. The third kappa shape index (κ3) is 50.2. The van der Waals surface area contributed by atoms with Gasteiger partial charge in [-0.3, -0.25) is 9.59 Å². The molecule has 0 bridgehead atoms. The van der Waals surface area contributed by atoms with E-state index in [-0.39, 0.29) is 19.0 Å². The largest absolute Gasteiger partial charge is 0.483 e. The number of carbonyl (C=O) groups is 3. The second-order valence-electron chi connectivity index (χ2n) is 15.9. The fourth-order valence-electron chi connectivity index (χ4n) is 7.48. The van der Waals surface area contributed by atoms with Crippen LogP contribution in [0.25, 0.3) is 0 Å². The highest BCUT2D eigenvalue weighted by Gasteiger charge is 2.10. The Morgan fingerprint density at radius 3 is 1.19 bits per heavy atom. The number of hydrogen-bond donors (Lipinski definition) is 3. The minimum absolute atomic E-state index is 0.250. The van der Waals surface area contributed by atoms with Crippen molar-refractivity contribution in [3.05, 3.63) is 0 Å². The van der Waals surface area contributed by atoms with Gasteiger partial charge in [-0.25, -0.2) is 4.79 Å². The molecule has 0 heterocycles. The van der Waals surface area contributed by atoms with E-state index in [0.29, 0.717) is 6.54 Å². The van der Waals surface area contributed by atoms with Crippen molar-refractivity contribution in [2.45, 2.75) is 233 Å². The molecule has 324 valence electrons. The number of hydrogen-bond acceptors (Lipinski definition) is 5. The molecule has 0 aliphatic carbocycles. The van der Waals surface area contributed by atoms with E-state index >= 15 is 0 Å². The standard InChI is InChI=1S/C44H90N2O2.2CH2O2/c1-6-9-12-15-20-27-35-43(36-28-21-16-13-10-7-2)37-29-22-18-24-31-40-46(41-32-38-45-44(47)48-5)39-30-23-17-19-26-34-42(4)33-25-14-11-8-3;2*2-1-3/h42-43H,6-41H2,1-5H3,(H,45,47);2*1H,(H,2,3). The zero-order valence-corrected chi connectivity index (χ0v) is 36.7. The van der Waals surface area contributed by atoms with Gasteiger partial charge in [-0.15, -0.1) is 0 Å². The molecule has 1 unspecified atom stereocenters. The second kappa shape index (κ2) is 51.2. The highest BCUT2D eigenvalue weighted by atomic mass is 16.5. The lowest BCUT2D eigenvalue weighted by molar-refractivity contribution is -0.123. The third-order valence-corrected chi connectivity index (χ3v) is 10.8. The normalized spacial score (nSPS) is 11.4. The maximum absolute atomic E-state index is 11.5. The Balaban J connectivity index is -0.00000403. The first-order chi connectivity index (χ1) is 26.4. The molecule has 3 N–H and O–H groups in total. The van der Waals surface area contributed by atoms with Crippen LogP contribution in [-0.4, -0.2) is 67.4 Å². The molecule has 0 radical (unpaired) electrons. The van der Waals surface area contributed by atoms with Crippen LogP contribution in [0.15, 0.2) is 0 Å². The van der Waals surface area contributed by atoms with Crippen molar-refractivity contribution in [1.82, 2.24) is 10.2 Å². The quantitative estimate of drug-likeness (QED) is 0.0421. The van der Waals surface area contributed by atoms with Crippen LogP contribution in [0, 0.1) is 11.8 Å². The number of ether oxygens (including phenoxy) is 1. The first kappa shape index (κ1) is 56.5. The smallest absolute Gasteiger partial charge is 0.406 e. The lowest BCUT2D eigenvalue weighted by atomic mass is 9.89. The molecular weight excluding hydrogens is 677 g/mol. The van der Waals surface area contributed by atoms with Crippen LogP contribution < -0.4 is 5.32 Å². The monoisotopic (exact) mass is 771 g/mol. The van der Waals surface area contributed by atoms with Gasteiger partial charge in [-0.2, -0.15) is 0 Å². The van der Waals surface area contributed by atoms with E-state index in [4.69, 9.17) is 24.5 Å². The maximum atomic E-state index is 11.5. The number of nitrogens with zero attached hydrogens (tertiary/aromatic N) is 1. The SMILES string of the molecule is CCCCCCCCC(CCCCCCCC)CCCCCCCN(CCCCCCCC(C)CCCCCC)CCCNC(=O)OC.O=CO.O=CO. The topological polar surface area (TPSA) is 116 Å². The summed E-state index contributed by atoms with van der Waals surface area (Å²) in [7, 11) is 1.45. The van der Waals surface area contributed by atoms with Crippen LogP contribution in [0.1, 0.15) is 233 Å². The highest BCUT2D eigenvalue weighted by Crippen LogP contribution is 2.25. The first-order valence-corrected chi connectivity index (χ1v) is 23.1. The molecule has 8 heteroatoms. The van der Waals surface area contributed by atoms with Crippen molar-refractivity contribution < 1.29 is 29.3 Å². The Hall–Kier alpha value is -1.83. The molecule has 54 heavy (non-hydrogen) atoms. The second-order valence-corrected chi connectivity index (χ2v) is 15.9. The summed E-state index contributed by atoms with van der Waals surface area (Å²) < 4.78 is 4.75. The Labute approximate surface area is 336 Å². The first-order valence-electron chi connectivity index (χ1n) is 23.1. The number of rotatable bonds is 39. The van der Waals surface area contributed by atoms with Gasteiger partial charge in [0.1, 0.15) is 0 Å². The van der Waals surface area contributed by atoms with E-state index in [9.17, 15) is 4.79 Å². The summed E-state index contributed by atoms with van der Waals surface area (Å²) in [6.07, 6.45) is 44.6. The molecule has 0 spiro atoms. The van der Waals surface area contributed by atoms with Gasteiger partial charge in [0.05, 0.1) is 7.11 Å². The van der Waals surface area contributed by atoms with Gasteiger partial charge >= 0.3 is 6.09 Å². The fourth-order valence-corrected chi connectivity index (χ4v) is 7.48. The van der Waals surface area contributed by atoms with Gasteiger partial charge in [0, 0.05) is 6.54 Å². The van der Waals surface area contributed by atoms with Crippen molar-refractivity contribution in [3.8, 4) is 0 Å². The average Bonchev–Trinajstić information content (AvgIpc) is 3.16. The van der Waals surface area contributed by atoms with Crippen LogP contribution in [0.3, 0.4) is 0 Å². The molecule has 0 fully saturated rings. The number of carboxylic acid groups (broad SMARTS) is 2. The van der Waals surface area contributed by atoms with Gasteiger partial charge in [-0.05, 0) is 50.7 Å². The minimum Gasteiger partial charge on any atom is -0.483 e. The predicted molar refractivity (Wildman–Crippen MR) is 232 cm³/mol. The van der Waals surface area contributed by atoms with Gasteiger partial charge in [-0.1, -0.05) is 214 Å². The van der Waals surface area contributed by atoms with Crippen molar-refractivity contribution in [3.63, 3.8) is 0 Å². The van der Waals surface area contributed by atoms with Gasteiger partial charge in [0.15, 0.2) is 0 Å². The molecule has 1 atom stereocenters. The van der Waals surface area contributed by atoms with Crippen LogP contribution in [0.5, 0.6) is 0 Å². The summed E-state index contributed by atoms with van der Waals surface area (Å²) in [6, 6.07) is 0. The van der Waals surface area contributed by atoms with E-state index in [2.05, 4.69) is 37.9 Å². The van der Waals surface area contributed by atoms with Crippen molar-refractivity contribution in [2.24, 2.45) is 11.8 Å². The molecule has 0 rings (SSSR count). The van der Waals surface area contributed by atoms with E-state index in [0.717, 1.165) is 24.8 Å². The fraction of sp³-hybridized carbons (Fsp3) is 0.935. The molecule has 0 aliphatic rings. The third-order valence-electron chi connectivity index (χ3n) is 10.8. The lowest BCUT2D eigenvalue weighted by Gasteiger charge is -2.22. The Kier molecular flexibility index (Phi) is 53.5. The van der Waals surface area contributed by atoms with Crippen LogP contribution >= 0.6 is 0 Å². The van der Waals surface area contributed by atoms with E-state index < -0.39 is 0 Å². The predicted octanol–water partition coefficient (Wildman–Crippen LogP) is 13.8. The molecule has 8 nitrogen and oxygen atoms in total. The number of alkyl carbamates (subject to hydrolysis) is 1. The van der Waals surface area contributed by atoms with Gasteiger partial charge in [0.2, 0.25) is 0 Å². The maximum Gasteiger partial charge on any atom is 0.406 e. The molecule has 1 amide bonds. The summed E-state index contributed by atoms with van der Waals surface area (Å²) in [5, 5.41) is 16.6. The summed E-state index contributed by atoms with van der Waals surface area (Å²) in [4.78, 5) is 30.9. The molecular formula is C46H94N2O6. The van der Waals surface area contributed by atoms with Crippen LogP contribution in [0.4, 0.5) is 4.79 Å². The van der Waals surface area contributed by atoms with E-state index in [1.807, 2.05) is 0 Å². The van der Waals surface area contributed by atoms with Gasteiger partial charge in [0.25, 0.3) is 12.9 Å². The highest BCUT2D eigenvalue weighted by molar-refractivity contribution is 5.66. The van der Waals surface area contributed by atoms with E-state index in [1.54, 1.807) is 0 Å². The molecule has 0 aromatic heterocycles. The zero-order chi connectivity index (χ0) is 40.6. The van der Waals surface area contributed by atoms with Crippen LogP contribution in [-0.2, 0) is 14.3 Å². The Bertz CT molecular complexity index is 703. The molecule has 0 aromatic rings. The Morgan fingerprint density at radius 2 is 0.815 bits per heavy atom. The number of unbranched alkanes of at least 4 members (excludes halogenated alkanes) is 21. The molecule has 0 aliphatic heterocycles. The number of nitrogens with one attached hydrogen (secondary N) is 1. The summed E-state index contributed by atoms with van der Waals surface area (Å²) in [5.41, 5.74) is 0. The van der Waals surface area contributed by atoms with Crippen molar-refractivity contribution >= 4 is 19.0 Å². The minimum atomic E-state index is -0.307. The Morgan fingerprint density at radius 1 is 0.519 bits per heavy atom. The molecule has 0 aromatic carbocycles. The molecule has 0 saturated heterocycles. The van der Waals surface area contributed by atoms with Crippen molar-refractivity contribution in [1.29, 1.82) is 0 Å². The average molecular weight is 771 g/mol. The lowest BCUT2D eigenvalue weighted by Crippen LogP contribution is -2.31. The summed E-state index contributed by atoms with van der Waals surface area (Å²) >= 11 is 0. The molecule has 0 saturated carbocycles.